The molecule has 0 amide bonds. The summed E-state index contributed by atoms with van der Waals surface area (Å²) >= 11 is 0. The molecular weight excluding hydrogens is 491 g/mol. The fourth-order valence-corrected chi connectivity index (χ4v) is 3.88. The summed E-state index contributed by atoms with van der Waals surface area (Å²) in [4.78, 5) is 0. The molecule has 1 nitrogen and oxygen atoms in total. The Hall–Kier alpha value is -3.23. The van der Waals surface area contributed by atoms with E-state index in [0.29, 0.717) is 0 Å². The van der Waals surface area contributed by atoms with Gasteiger partial charge in [-0.3, -0.25) is 0 Å². The quantitative estimate of drug-likeness (QED) is 0.267. The van der Waals surface area contributed by atoms with Gasteiger partial charge < -0.3 is 5.11 Å². The van der Waals surface area contributed by atoms with E-state index >= 15 is 0 Å². The van der Waals surface area contributed by atoms with Crippen molar-refractivity contribution in [2.24, 2.45) is 5.92 Å². The lowest BCUT2D eigenvalue weighted by Crippen LogP contribution is -1.99. The smallest absolute Gasteiger partial charge is 0.123 e. The molecule has 0 heterocycles. The Labute approximate surface area is 244 Å². The molecule has 40 heavy (non-hydrogen) atoms. The molecule has 1 aliphatic carbocycles. The number of aliphatic hydroxyl groups excluding tert-OH is 1. The minimum absolute atomic E-state index is 0.139. The van der Waals surface area contributed by atoms with Gasteiger partial charge in [0.25, 0.3) is 0 Å². The standard InChI is InChI=1S/C8H10O.2C8H10.C7H7F.C7H14/c1-7-2-4-8(6-9)5-3-7;1-7-3-5-8(2)6-4-7;1-2-8-6-4-3-5-7-8;1-6-2-4-7(8)5-3-6;1-7-5-3-2-4-6-7/h2-5,9H,6H2,1H3;3-6H,1-2H3;3-7H,2H2,1H3;2-5H,1H3;7H,2-6H2,1H3. The monoisotopic (exact) mass is 542 g/mol. The average molecular weight is 543 g/mol. The van der Waals surface area contributed by atoms with Gasteiger partial charge in [0.2, 0.25) is 0 Å². The van der Waals surface area contributed by atoms with Crippen LogP contribution in [-0.2, 0) is 13.0 Å². The second kappa shape index (κ2) is 21.6. The molecule has 4 aromatic rings. The topological polar surface area (TPSA) is 20.2 Å². The molecule has 0 radical (unpaired) electrons. The van der Waals surface area contributed by atoms with Gasteiger partial charge in [0.15, 0.2) is 0 Å². The van der Waals surface area contributed by atoms with Crippen molar-refractivity contribution in [2.45, 2.75) is 86.7 Å². The summed E-state index contributed by atoms with van der Waals surface area (Å²) in [5, 5.41) is 8.63. The lowest BCUT2D eigenvalue weighted by Gasteiger charge is -2.15. The highest BCUT2D eigenvalue weighted by atomic mass is 19.1. The highest BCUT2D eigenvalue weighted by molar-refractivity contribution is 5.21. The maximum atomic E-state index is 12.1. The molecule has 0 unspecified atom stereocenters. The molecule has 0 spiro atoms. The van der Waals surface area contributed by atoms with Crippen molar-refractivity contribution in [3.8, 4) is 0 Å². The molecule has 1 aliphatic rings. The number of hydrogen-bond donors (Lipinski definition) is 1. The second-order valence-electron chi connectivity index (χ2n) is 10.7. The summed E-state index contributed by atoms with van der Waals surface area (Å²) in [6.07, 6.45) is 8.58. The Morgan fingerprint density at radius 3 is 1.27 bits per heavy atom. The first-order valence-electron chi connectivity index (χ1n) is 14.7. The first-order chi connectivity index (χ1) is 19.2. The number of benzene rings is 4. The van der Waals surface area contributed by atoms with E-state index in [1.54, 1.807) is 12.1 Å². The summed E-state index contributed by atoms with van der Waals surface area (Å²) in [7, 11) is 0. The Morgan fingerprint density at radius 2 is 0.975 bits per heavy atom. The first kappa shape index (κ1) is 34.8. The SMILES string of the molecule is CC1CCCCC1.CCc1ccccc1.Cc1ccc(C)cc1.Cc1ccc(CO)cc1.Cc1ccc(F)cc1. The van der Waals surface area contributed by atoms with Gasteiger partial charge in [0, 0.05) is 0 Å². The van der Waals surface area contributed by atoms with E-state index in [4.69, 9.17) is 5.11 Å². The van der Waals surface area contributed by atoms with Crippen molar-refractivity contribution < 1.29 is 9.50 Å². The van der Waals surface area contributed by atoms with Crippen LogP contribution in [0.15, 0.2) is 103 Å². The van der Waals surface area contributed by atoms with Crippen molar-refractivity contribution in [1.82, 2.24) is 0 Å². The molecule has 216 valence electrons. The maximum Gasteiger partial charge on any atom is 0.123 e. The van der Waals surface area contributed by atoms with E-state index in [1.807, 2.05) is 44.2 Å². The Balaban J connectivity index is 0.000000250. The van der Waals surface area contributed by atoms with Crippen LogP contribution in [0.5, 0.6) is 0 Å². The second-order valence-corrected chi connectivity index (χ2v) is 10.7. The number of aliphatic hydroxyl groups is 1. The molecule has 1 saturated carbocycles. The van der Waals surface area contributed by atoms with Gasteiger partial charge in [-0.1, -0.05) is 159 Å². The predicted molar refractivity (Wildman–Crippen MR) is 172 cm³/mol. The van der Waals surface area contributed by atoms with Gasteiger partial charge in [-0.15, -0.1) is 0 Å². The molecule has 0 saturated heterocycles. The Morgan fingerprint density at radius 1 is 0.575 bits per heavy atom. The van der Waals surface area contributed by atoms with E-state index in [0.717, 1.165) is 23.5 Å². The van der Waals surface area contributed by atoms with Crippen LogP contribution >= 0.6 is 0 Å². The fraction of sp³-hybridized carbons (Fsp3) is 0.368. The third-order valence-electron chi connectivity index (χ3n) is 6.68. The highest BCUT2D eigenvalue weighted by Crippen LogP contribution is 2.22. The number of hydrogen-bond acceptors (Lipinski definition) is 1. The summed E-state index contributed by atoms with van der Waals surface area (Å²) in [5.74, 6) is 0.865. The number of aryl methyl sites for hydroxylation is 5. The van der Waals surface area contributed by atoms with Crippen molar-refractivity contribution in [2.75, 3.05) is 0 Å². The van der Waals surface area contributed by atoms with E-state index in [9.17, 15) is 4.39 Å². The first-order valence-corrected chi connectivity index (χ1v) is 14.7. The fourth-order valence-electron chi connectivity index (χ4n) is 3.88. The van der Waals surface area contributed by atoms with Crippen LogP contribution in [-0.4, -0.2) is 5.11 Å². The summed E-state index contributed by atoms with van der Waals surface area (Å²) in [6.45, 7) is 12.8. The molecule has 1 fully saturated rings. The van der Waals surface area contributed by atoms with Gasteiger partial charge in [-0.25, -0.2) is 4.39 Å². The van der Waals surface area contributed by atoms with Crippen molar-refractivity contribution >= 4 is 0 Å². The van der Waals surface area contributed by atoms with Gasteiger partial charge in [-0.05, 0) is 63.3 Å². The molecule has 0 aliphatic heterocycles. The van der Waals surface area contributed by atoms with Crippen LogP contribution in [0, 0.1) is 39.4 Å². The van der Waals surface area contributed by atoms with Crippen LogP contribution in [0.3, 0.4) is 0 Å². The van der Waals surface area contributed by atoms with Gasteiger partial charge in [0.1, 0.15) is 5.82 Å². The van der Waals surface area contributed by atoms with Crippen molar-refractivity contribution in [1.29, 1.82) is 0 Å². The minimum atomic E-state index is -0.171. The van der Waals surface area contributed by atoms with Crippen LogP contribution in [0.25, 0.3) is 0 Å². The largest absolute Gasteiger partial charge is 0.392 e. The normalized spacial score (nSPS) is 12.1. The third kappa shape index (κ3) is 18.1. The van der Waals surface area contributed by atoms with Crippen molar-refractivity contribution in [3.63, 3.8) is 0 Å². The maximum absolute atomic E-state index is 12.1. The zero-order valence-electron chi connectivity index (χ0n) is 25.7. The van der Waals surface area contributed by atoms with Crippen molar-refractivity contribution in [3.05, 3.63) is 142 Å². The average Bonchev–Trinajstić information content (AvgIpc) is 2.99. The minimum Gasteiger partial charge on any atom is -0.392 e. The molecule has 0 atom stereocenters. The lowest BCUT2D eigenvalue weighted by molar-refractivity contribution is 0.282. The van der Waals surface area contributed by atoms with Crippen LogP contribution < -0.4 is 0 Å². The third-order valence-corrected chi connectivity index (χ3v) is 6.68. The molecule has 5 rings (SSSR count). The van der Waals surface area contributed by atoms with Crippen LogP contribution in [0.4, 0.5) is 4.39 Å². The number of rotatable bonds is 2. The molecule has 0 aromatic heterocycles. The summed E-state index contributed by atoms with van der Waals surface area (Å²) < 4.78 is 12.1. The van der Waals surface area contributed by atoms with Gasteiger partial charge >= 0.3 is 0 Å². The molecular formula is C38H51FO. The molecule has 1 N–H and O–H groups in total. The Bertz CT molecular complexity index is 1030. The van der Waals surface area contributed by atoms with E-state index in [1.165, 1.54) is 66.5 Å². The lowest BCUT2D eigenvalue weighted by atomic mass is 9.91. The van der Waals surface area contributed by atoms with E-state index < -0.39 is 0 Å². The Kier molecular flexibility index (Phi) is 18.8. The predicted octanol–water partition coefficient (Wildman–Crippen LogP) is 10.8. The molecule has 2 heteroatoms. The van der Waals surface area contributed by atoms with Crippen LogP contribution in [0.1, 0.15) is 79.3 Å². The highest BCUT2D eigenvalue weighted by Gasteiger charge is 2.05. The van der Waals surface area contributed by atoms with Gasteiger partial charge in [0.05, 0.1) is 6.61 Å². The molecule has 0 bridgehead atoms. The zero-order valence-corrected chi connectivity index (χ0v) is 25.7. The van der Waals surface area contributed by atoms with Gasteiger partial charge in [-0.2, -0.15) is 0 Å². The summed E-state index contributed by atoms with van der Waals surface area (Å²) in [6, 6.07) is 33.2. The molecule has 4 aromatic carbocycles. The summed E-state index contributed by atoms with van der Waals surface area (Å²) in [5.41, 5.74) is 7.36. The van der Waals surface area contributed by atoms with E-state index in [-0.39, 0.29) is 12.4 Å². The number of halogens is 1. The van der Waals surface area contributed by atoms with Crippen LogP contribution in [0.2, 0.25) is 0 Å². The zero-order chi connectivity index (χ0) is 29.6. The van der Waals surface area contributed by atoms with E-state index in [2.05, 4.69) is 76.2 Å².